The smallest absolute Gasteiger partial charge is 0.241 e. The maximum Gasteiger partial charge on any atom is 0.241 e. The number of likely N-dealkylation sites (N-methyl/N-ethyl adjacent to an activating group) is 1. The third-order valence-corrected chi connectivity index (χ3v) is 4.82. The highest BCUT2D eigenvalue weighted by Gasteiger charge is 2.15. The molecule has 1 aliphatic carbocycles. The Morgan fingerprint density at radius 1 is 1.20 bits per heavy atom. The van der Waals surface area contributed by atoms with E-state index in [1.54, 1.807) is 25.2 Å². The summed E-state index contributed by atoms with van der Waals surface area (Å²) in [4.78, 5) is 22.5. The number of nitrogens with one attached hydrogen (secondary N) is 2. The molecular weight excluding hydrogens is 493 g/mol. The van der Waals surface area contributed by atoms with Crippen LogP contribution in [-0.2, 0) is 11.3 Å². The lowest BCUT2D eigenvalue weighted by Gasteiger charge is -2.23. The van der Waals surface area contributed by atoms with Crippen molar-refractivity contribution >= 4 is 35.8 Å². The van der Waals surface area contributed by atoms with Crippen LogP contribution < -0.4 is 15.4 Å². The first-order chi connectivity index (χ1) is 13.7. The topological polar surface area (TPSA) is 78.9 Å². The van der Waals surface area contributed by atoms with Crippen LogP contribution in [0.3, 0.4) is 0 Å². The lowest BCUT2D eigenvalue weighted by Crippen LogP contribution is -2.44. The van der Waals surface area contributed by atoms with Gasteiger partial charge in [0.2, 0.25) is 11.8 Å². The highest BCUT2D eigenvalue weighted by Crippen LogP contribution is 2.22. The lowest BCUT2D eigenvalue weighted by molar-refractivity contribution is -0.127. The summed E-state index contributed by atoms with van der Waals surface area (Å²) in [5.41, 5.74) is 0.718. The van der Waals surface area contributed by atoms with Gasteiger partial charge >= 0.3 is 0 Å². The average Bonchev–Trinajstić information content (AvgIpc) is 2.67. The zero-order valence-corrected chi connectivity index (χ0v) is 21.4. The zero-order valence-electron chi connectivity index (χ0n) is 19.0. The summed E-state index contributed by atoms with van der Waals surface area (Å²) < 4.78 is 5.76. The number of pyridine rings is 1. The molecule has 0 spiro atoms. The Labute approximate surface area is 198 Å². The highest BCUT2D eigenvalue weighted by molar-refractivity contribution is 14.0. The Hall–Kier alpha value is -1.58. The molecule has 2 rings (SSSR count). The molecule has 1 aliphatic rings. The van der Waals surface area contributed by atoms with Gasteiger partial charge in [-0.3, -0.25) is 4.79 Å². The summed E-state index contributed by atoms with van der Waals surface area (Å²) in [6.07, 6.45) is 8.26. The molecule has 1 aromatic heterocycles. The maximum atomic E-state index is 11.9. The van der Waals surface area contributed by atoms with Gasteiger partial charge in [0.15, 0.2) is 5.96 Å². The number of halogens is 1. The minimum Gasteiger partial charge on any atom is -0.472 e. The third kappa shape index (κ3) is 10.4. The molecule has 1 aromatic rings. The SMILES string of the molecule is CN(C)C(=O)CNC(=NCc1ccc(OC(C)(C)C)nc1)NCC1CCCCC1.I. The van der Waals surface area contributed by atoms with E-state index in [1.165, 1.54) is 32.1 Å². The second kappa shape index (κ2) is 13.0. The van der Waals surface area contributed by atoms with Gasteiger partial charge in [0.1, 0.15) is 5.60 Å². The first-order valence-corrected chi connectivity index (χ1v) is 10.6. The van der Waals surface area contributed by atoms with E-state index in [4.69, 9.17) is 4.74 Å². The van der Waals surface area contributed by atoms with E-state index in [-0.39, 0.29) is 42.0 Å². The van der Waals surface area contributed by atoms with E-state index in [0.29, 0.717) is 24.3 Å². The van der Waals surface area contributed by atoms with Crippen LogP contribution in [0.15, 0.2) is 23.3 Å². The summed E-state index contributed by atoms with van der Waals surface area (Å²) in [6.45, 7) is 7.59. The van der Waals surface area contributed by atoms with E-state index in [9.17, 15) is 4.79 Å². The Bertz CT molecular complexity index is 665. The van der Waals surface area contributed by atoms with Crippen molar-refractivity contribution < 1.29 is 9.53 Å². The van der Waals surface area contributed by atoms with Crippen LogP contribution in [-0.4, -0.2) is 54.5 Å². The number of hydrogen-bond donors (Lipinski definition) is 2. The van der Waals surface area contributed by atoms with Crippen molar-refractivity contribution in [3.05, 3.63) is 23.9 Å². The number of ether oxygens (including phenoxy) is 1. The van der Waals surface area contributed by atoms with E-state index in [1.807, 2.05) is 32.9 Å². The minimum atomic E-state index is -0.272. The first kappa shape index (κ1) is 26.5. The number of hydrogen-bond acceptors (Lipinski definition) is 4. The second-order valence-corrected chi connectivity index (χ2v) is 8.91. The van der Waals surface area contributed by atoms with Crippen LogP contribution in [0.25, 0.3) is 0 Å². The number of aromatic nitrogens is 1. The van der Waals surface area contributed by atoms with Gasteiger partial charge in [-0.05, 0) is 45.1 Å². The molecule has 1 heterocycles. The Morgan fingerprint density at radius 3 is 2.47 bits per heavy atom. The molecule has 1 fully saturated rings. The minimum absolute atomic E-state index is 0. The van der Waals surface area contributed by atoms with Crippen LogP contribution in [0.2, 0.25) is 0 Å². The van der Waals surface area contributed by atoms with Crippen molar-refractivity contribution in [1.29, 1.82) is 0 Å². The molecule has 30 heavy (non-hydrogen) atoms. The molecule has 0 aliphatic heterocycles. The fourth-order valence-corrected chi connectivity index (χ4v) is 3.17. The van der Waals surface area contributed by atoms with Gasteiger partial charge in [0.05, 0.1) is 13.1 Å². The van der Waals surface area contributed by atoms with Crippen molar-refractivity contribution in [3.8, 4) is 5.88 Å². The molecule has 170 valence electrons. The van der Waals surface area contributed by atoms with Crippen molar-refractivity contribution in [3.63, 3.8) is 0 Å². The molecule has 7 nitrogen and oxygen atoms in total. The number of aliphatic imine (C=N–C) groups is 1. The summed E-state index contributed by atoms with van der Waals surface area (Å²) in [6, 6.07) is 3.84. The number of amides is 1. The normalized spacial score (nSPS) is 15.2. The van der Waals surface area contributed by atoms with Crippen LogP contribution in [0.5, 0.6) is 5.88 Å². The Balaban J connectivity index is 0.00000450. The van der Waals surface area contributed by atoms with Gasteiger partial charge in [-0.1, -0.05) is 25.3 Å². The van der Waals surface area contributed by atoms with Crippen molar-refractivity contribution in [2.45, 2.75) is 65.0 Å². The van der Waals surface area contributed by atoms with Crippen molar-refractivity contribution in [2.75, 3.05) is 27.2 Å². The fraction of sp³-hybridized carbons (Fsp3) is 0.682. The van der Waals surface area contributed by atoms with E-state index >= 15 is 0 Å². The molecule has 0 unspecified atom stereocenters. The van der Waals surface area contributed by atoms with E-state index < -0.39 is 0 Å². The number of nitrogens with zero attached hydrogens (tertiary/aromatic N) is 3. The van der Waals surface area contributed by atoms with Crippen LogP contribution in [0.1, 0.15) is 58.4 Å². The van der Waals surface area contributed by atoms with Crippen LogP contribution in [0, 0.1) is 5.92 Å². The summed E-state index contributed by atoms with van der Waals surface area (Å²) >= 11 is 0. The molecule has 0 aromatic carbocycles. The summed E-state index contributed by atoms with van der Waals surface area (Å²) in [5, 5.41) is 6.58. The van der Waals surface area contributed by atoms with Gasteiger partial charge in [0.25, 0.3) is 0 Å². The van der Waals surface area contributed by atoms with Gasteiger partial charge in [-0.25, -0.2) is 9.98 Å². The number of carbonyl (C=O) groups excluding carboxylic acids is 1. The molecule has 0 radical (unpaired) electrons. The van der Waals surface area contributed by atoms with Gasteiger partial charge in [0, 0.05) is 32.9 Å². The molecule has 1 saturated carbocycles. The molecule has 0 bridgehead atoms. The molecular formula is C22H38IN5O2. The number of carbonyl (C=O) groups is 1. The standard InChI is InChI=1S/C22H37N5O2.HI/c1-22(2,3)29-19-12-11-18(14-23-19)15-25-21(26-16-20(28)27(4)5)24-13-17-9-7-6-8-10-17;/h11-12,14,17H,6-10,13,15-16H2,1-5H3,(H2,24,25,26);1H. The van der Waals surface area contributed by atoms with Gasteiger partial charge in [-0.15, -0.1) is 24.0 Å². The highest BCUT2D eigenvalue weighted by atomic mass is 127. The average molecular weight is 531 g/mol. The van der Waals surface area contributed by atoms with Crippen molar-refractivity contribution in [1.82, 2.24) is 20.5 Å². The quantitative estimate of drug-likeness (QED) is 0.320. The Kier molecular flexibility index (Phi) is 11.4. The van der Waals surface area contributed by atoms with Gasteiger partial charge in [-0.2, -0.15) is 0 Å². The summed E-state index contributed by atoms with van der Waals surface area (Å²) in [5.74, 6) is 1.97. The molecule has 1 amide bonds. The maximum absolute atomic E-state index is 11.9. The monoisotopic (exact) mass is 531 g/mol. The van der Waals surface area contributed by atoms with Crippen LogP contribution in [0.4, 0.5) is 0 Å². The molecule has 2 N–H and O–H groups in total. The number of rotatable bonds is 7. The number of guanidine groups is 1. The zero-order chi connectivity index (χ0) is 21.3. The van der Waals surface area contributed by atoms with Crippen molar-refractivity contribution in [2.24, 2.45) is 10.9 Å². The summed E-state index contributed by atoms with van der Waals surface area (Å²) in [7, 11) is 3.51. The van der Waals surface area contributed by atoms with E-state index in [0.717, 1.165) is 12.1 Å². The third-order valence-electron chi connectivity index (χ3n) is 4.82. The molecule has 0 atom stereocenters. The second-order valence-electron chi connectivity index (χ2n) is 8.91. The van der Waals surface area contributed by atoms with Crippen LogP contribution >= 0.6 is 24.0 Å². The molecule has 8 heteroatoms. The van der Waals surface area contributed by atoms with E-state index in [2.05, 4.69) is 20.6 Å². The van der Waals surface area contributed by atoms with Gasteiger partial charge < -0.3 is 20.3 Å². The lowest BCUT2D eigenvalue weighted by atomic mass is 9.89. The predicted octanol–water partition coefficient (Wildman–Crippen LogP) is 3.58. The fourth-order valence-electron chi connectivity index (χ4n) is 3.17. The molecule has 0 saturated heterocycles. The largest absolute Gasteiger partial charge is 0.472 e. The predicted molar refractivity (Wildman–Crippen MR) is 132 cm³/mol. The first-order valence-electron chi connectivity index (χ1n) is 10.6. The Morgan fingerprint density at radius 2 is 1.90 bits per heavy atom.